The van der Waals surface area contributed by atoms with Crippen molar-refractivity contribution in [1.82, 2.24) is 25.5 Å². The van der Waals surface area contributed by atoms with Crippen molar-refractivity contribution in [2.75, 3.05) is 6.61 Å². The highest BCUT2D eigenvalue weighted by Crippen LogP contribution is 2.28. The molecule has 0 bridgehead atoms. The summed E-state index contributed by atoms with van der Waals surface area (Å²) in [6.07, 6.45) is 0. The molecule has 5 rings (SSSR count). The fourth-order valence-electron chi connectivity index (χ4n) is 3.91. The molecule has 4 aromatic rings. The summed E-state index contributed by atoms with van der Waals surface area (Å²) in [6.45, 7) is 0.830. The second kappa shape index (κ2) is 9.70. The van der Waals surface area contributed by atoms with Crippen LogP contribution in [0.25, 0.3) is 16.3 Å². The van der Waals surface area contributed by atoms with E-state index in [1.54, 1.807) is 55.5 Å². The lowest BCUT2D eigenvalue weighted by atomic mass is 9.92. The number of nitrogens with one attached hydrogen (secondary N) is 2. The highest BCUT2D eigenvalue weighted by molar-refractivity contribution is 7.13. The molecule has 1 aliphatic rings. The average molecular weight is 516 g/mol. The maximum atomic E-state index is 13.0. The number of amides is 4. The molecule has 0 saturated carbocycles. The number of hydrazine groups is 1. The average Bonchev–Trinajstić information content (AvgIpc) is 3.65. The number of carbonyl (C=O) groups excluding carboxylic acids is 4. The fraction of sp³-hybridized carbons (Fsp3) is 0.115. The minimum atomic E-state index is -1.34. The van der Waals surface area contributed by atoms with Gasteiger partial charge in [-0.1, -0.05) is 54.6 Å². The maximum absolute atomic E-state index is 13.0. The molecule has 0 radical (unpaired) electrons. The van der Waals surface area contributed by atoms with E-state index in [4.69, 9.17) is 4.74 Å². The molecule has 0 aliphatic carbocycles. The minimum absolute atomic E-state index is 0.119. The summed E-state index contributed by atoms with van der Waals surface area (Å²) < 4.78 is 6.66. The summed E-state index contributed by atoms with van der Waals surface area (Å²) >= 11 is 1.47. The Morgan fingerprint density at radius 3 is 2.41 bits per heavy atom. The molecule has 4 amide bonds. The molecule has 1 fully saturated rings. The number of ether oxygens (including phenoxy) is 1. The zero-order valence-corrected chi connectivity index (χ0v) is 20.4. The van der Waals surface area contributed by atoms with Gasteiger partial charge >= 0.3 is 12.0 Å². The Balaban J connectivity index is 1.29. The molecule has 11 heteroatoms. The first-order valence-electron chi connectivity index (χ1n) is 11.2. The van der Waals surface area contributed by atoms with E-state index >= 15 is 0 Å². The van der Waals surface area contributed by atoms with Crippen molar-refractivity contribution in [1.29, 1.82) is 0 Å². The number of thiophene rings is 1. The van der Waals surface area contributed by atoms with Gasteiger partial charge in [0.15, 0.2) is 12.3 Å². The van der Waals surface area contributed by atoms with Gasteiger partial charge in [0.1, 0.15) is 11.2 Å². The molecular formula is C26H21N5O5S. The molecule has 186 valence electrons. The number of hydrogen-bond donors (Lipinski definition) is 2. The standard InChI is InChI=1S/C26H21N5O5S/c1-26(17-9-4-2-5-10-17)24(34)31(25(35)27-26)29-22(32)16-36-23(33)20-15-19(21-13-8-14-37-21)28-30(20)18-11-6-3-7-12-18/h2-15H,16H2,1H3,(H,27,35)(H,29,32)/t26-/m0/s1. The lowest BCUT2D eigenvalue weighted by molar-refractivity contribution is -0.140. The molecule has 1 atom stereocenters. The molecule has 2 aromatic heterocycles. The van der Waals surface area contributed by atoms with Crippen LogP contribution < -0.4 is 10.7 Å². The van der Waals surface area contributed by atoms with E-state index in [1.807, 2.05) is 35.7 Å². The predicted octanol–water partition coefficient (Wildman–Crippen LogP) is 3.26. The van der Waals surface area contributed by atoms with E-state index in [1.165, 1.54) is 16.0 Å². The molecule has 2 aromatic carbocycles. The molecule has 10 nitrogen and oxygen atoms in total. The Morgan fingerprint density at radius 1 is 1.03 bits per heavy atom. The lowest BCUT2D eigenvalue weighted by Crippen LogP contribution is -2.49. The third-order valence-electron chi connectivity index (χ3n) is 5.81. The van der Waals surface area contributed by atoms with Crippen LogP contribution in [-0.2, 0) is 19.9 Å². The number of benzene rings is 2. The summed E-state index contributed by atoms with van der Waals surface area (Å²) in [6, 6.07) is 22.3. The molecule has 2 N–H and O–H groups in total. The highest BCUT2D eigenvalue weighted by atomic mass is 32.1. The van der Waals surface area contributed by atoms with Crippen LogP contribution in [0, 0.1) is 0 Å². The van der Waals surface area contributed by atoms with Crippen molar-refractivity contribution in [2.45, 2.75) is 12.5 Å². The topological polar surface area (TPSA) is 123 Å². The van der Waals surface area contributed by atoms with Crippen LogP contribution in [-0.4, -0.2) is 45.2 Å². The van der Waals surface area contributed by atoms with Crippen molar-refractivity contribution in [3.05, 3.63) is 95.5 Å². The van der Waals surface area contributed by atoms with Gasteiger partial charge in [-0.2, -0.15) is 10.1 Å². The molecule has 37 heavy (non-hydrogen) atoms. The number of urea groups is 1. The van der Waals surface area contributed by atoms with E-state index in [9.17, 15) is 19.2 Å². The normalized spacial score (nSPS) is 16.9. The van der Waals surface area contributed by atoms with Crippen molar-refractivity contribution in [3.8, 4) is 16.3 Å². The Hall–Kier alpha value is -4.77. The lowest BCUT2D eigenvalue weighted by Gasteiger charge is -2.22. The molecule has 3 heterocycles. The van der Waals surface area contributed by atoms with Crippen LogP contribution in [0.15, 0.2) is 84.2 Å². The molecular weight excluding hydrogens is 494 g/mol. The Kier molecular flexibility index (Phi) is 6.28. The predicted molar refractivity (Wildman–Crippen MR) is 134 cm³/mol. The number of para-hydroxylation sites is 1. The van der Waals surface area contributed by atoms with Crippen LogP contribution >= 0.6 is 11.3 Å². The summed E-state index contributed by atoms with van der Waals surface area (Å²) in [7, 11) is 0. The van der Waals surface area contributed by atoms with Crippen molar-refractivity contribution >= 4 is 35.2 Å². The summed E-state index contributed by atoms with van der Waals surface area (Å²) in [4.78, 5) is 51.8. The number of nitrogens with zero attached hydrogens (tertiary/aromatic N) is 3. The summed E-state index contributed by atoms with van der Waals surface area (Å²) in [5.41, 5.74) is 2.77. The smallest absolute Gasteiger partial charge is 0.357 e. The summed E-state index contributed by atoms with van der Waals surface area (Å²) in [5, 5.41) is 9.62. The maximum Gasteiger partial charge on any atom is 0.357 e. The first-order chi connectivity index (χ1) is 17.9. The fourth-order valence-corrected chi connectivity index (χ4v) is 4.59. The summed E-state index contributed by atoms with van der Waals surface area (Å²) in [5.74, 6) is -2.30. The van der Waals surface area contributed by atoms with Gasteiger partial charge in [-0.25, -0.2) is 14.3 Å². The first kappa shape index (κ1) is 23.9. The minimum Gasteiger partial charge on any atom is -0.451 e. The third-order valence-corrected chi connectivity index (χ3v) is 6.70. The number of carbonyl (C=O) groups is 4. The molecule has 1 aliphatic heterocycles. The van der Waals surface area contributed by atoms with Gasteiger partial charge in [0.2, 0.25) is 0 Å². The Labute approximate surface area is 215 Å². The van der Waals surface area contributed by atoms with Crippen LogP contribution in [0.4, 0.5) is 4.79 Å². The number of esters is 1. The van der Waals surface area contributed by atoms with Gasteiger partial charge in [0.05, 0.1) is 10.6 Å². The van der Waals surface area contributed by atoms with E-state index in [0.717, 1.165) is 4.88 Å². The van der Waals surface area contributed by atoms with Crippen molar-refractivity contribution in [3.63, 3.8) is 0 Å². The Bertz CT molecular complexity index is 1470. The monoisotopic (exact) mass is 515 g/mol. The van der Waals surface area contributed by atoms with Gasteiger partial charge in [0, 0.05) is 6.07 Å². The number of imide groups is 1. The zero-order chi connectivity index (χ0) is 26.0. The third kappa shape index (κ3) is 4.59. The van der Waals surface area contributed by atoms with Crippen LogP contribution in [0.5, 0.6) is 0 Å². The van der Waals surface area contributed by atoms with Gasteiger partial charge in [0.25, 0.3) is 11.8 Å². The van der Waals surface area contributed by atoms with E-state index in [2.05, 4.69) is 15.8 Å². The quantitative estimate of drug-likeness (QED) is 0.288. The SMILES string of the molecule is C[C@@]1(c2ccccc2)NC(=O)N(NC(=O)COC(=O)c2cc(-c3cccs3)nn2-c2ccccc2)C1=O. The van der Waals surface area contributed by atoms with Gasteiger partial charge in [-0.3, -0.25) is 15.0 Å². The molecule has 0 unspecified atom stereocenters. The second-order valence-corrected chi connectivity index (χ2v) is 9.26. The Morgan fingerprint density at radius 2 is 1.73 bits per heavy atom. The second-order valence-electron chi connectivity index (χ2n) is 8.31. The van der Waals surface area contributed by atoms with E-state index < -0.39 is 36.0 Å². The van der Waals surface area contributed by atoms with Crippen molar-refractivity contribution < 1.29 is 23.9 Å². The van der Waals surface area contributed by atoms with E-state index in [0.29, 0.717) is 22.0 Å². The number of aromatic nitrogens is 2. The number of hydrogen-bond acceptors (Lipinski definition) is 7. The van der Waals surface area contributed by atoms with E-state index in [-0.39, 0.29) is 5.69 Å². The molecule has 0 spiro atoms. The van der Waals surface area contributed by atoms with Crippen molar-refractivity contribution in [2.24, 2.45) is 0 Å². The van der Waals surface area contributed by atoms with Crippen LogP contribution in [0.1, 0.15) is 23.0 Å². The number of rotatable bonds is 7. The van der Waals surface area contributed by atoms with Gasteiger partial charge < -0.3 is 10.1 Å². The largest absolute Gasteiger partial charge is 0.451 e. The zero-order valence-electron chi connectivity index (χ0n) is 19.6. The van der Waals surface area contributed by atoms with Gasteiger partial charge in [-0.05, 0) is 36.1 Å². The van der Waals surface area contributed by atoms with Gasteiger partial charge in [-0.15, -0.1) is 11.3 Å². The molecule has 1 saturated heterocycles. The first-order valence-corrected chi connectivity index (χ1v) is 12.1. The highest BCUT2D eigenvalue weighted by Gasteiger charge is 2.50. The van der Waals surface area contributed by atoms with Crippen LogP contribution in [0.2, 0.25) is 0 Å². The van der Waals surface area contributed by atoms with Crippen LogP contribution in [0.3, 0.4) is 0 Å².